The predicted molar refractivity (Wildman–Crippen MR) is 121 cm³/mol. The summed E-state index contributed by atoms with van der Waals surface area (Å²) in [5.74, 6) is 0.127. The zero-order valence-electron chi connectivity index (χ0n) is 18.9. The highest BCUT2D eigenvalue weighted by atomic mass is 32.2. The van der Waals surface area contributed by atoms with E-state index in [1.54, 1.807) is 12.1 Å². The maximum absolute atomic E-state index is 13.1. The van der Waals surface area contributed by atoms with E-state index in [9.17, 15) is 13.2 Å². The van der Waals surface area contributed by atoms with Gasteiger partial charge in [-0.3, -0.25) is 14.6 Å². The lowest BCUT2D eigenvalue weighted by molar-refractivity contribution is -0.138. The molecule has 7 nitrogen and oxygen atoms in total. The molecule has 3 fully saturated rings. The molecule has 1 amide bonds. The van der Waals surface area contributed by atoms with Crippen LogP contribution >= 0.6 is 0 Å². The van der Waals surface area contributed by atoms with E-state index in [-0.39, 0.29) is 11.9 Å². The van der Waals surface area contributed by atoms with Gasteiger partial charge in [-0.15, -0.1) is 0 Å². The zero-order chi connectivity index (χ0) is 22.0. The minimum absolute atomic E-state index is 0.127. The van der Waals surface area contributed by atoms with Gasteiger partial charge in [0, 0.05) is 58.4 Å². The number of benzene rings is 1. The molecule has 0 N–H and O–H groups in total. The van der Waals surface area contributed by atoms with Crippen LogP contribution in [0.15, 0.2) is 29.2 Å². The third-order valence-corrected chi connectivity index (χ3v) is 9.22. The fraction of sp³-hybridized carbons (Fsp3) is 0.696. The van der Waals surface area contributed by atoms with Crippen molar-refractivity contribution in [3.05, 3.63) is 29.8 Å². The molecule has 1 unspecified atom stereocenters. The molecule has 0 bridgehead atoms. The number of carbonyl (C=O) groups excluding carboxylic acids is 1. The van der Waals surface area contributed by atoms with Gasteiger partial charge >= 0.3 is 0 Å². The van der Waals surface area contributed by atoms with Crippen LogP contribution < -0.4 is 0 Å². The van der Waals surface area contributed by atoms with E-state index in [0.29, 0.717) is 31.1 Å². The number of hydrogen-bond acceptors (Lipinski definition) is 5. The van der Waals surface area contributed by atoms with Crippen molar-refractivity contribution in [3.8, 4) is 0 Å². The standard InChI is InChI=1S/C23H36N4O3S/c1-19-7-9-22(10-8-19)31(29,30)27-17-15-26(16-18-27)23(28)20(2)24-11-13-25(14-12-24)21-5-3-4-6-21/h7-10,20-21H,3-6,11-18H2,1-2H3. The molecule has 3 aliphatic rings. The molecule has 2 saturated heterocycles. The van der Waals surface area contributed by atoms with Gasteiger partial charge in [0.2, 0.25) is 15.9 Å². The van der Waals surface area contributed by atoms with Crippen molar-refractivity contribution in [2.24, 2.45) is 0 Å². The minimum atomic E-state index is -3.50. The quantitative estimate of drug-likeness (QED) is 0.687. The predicted octanol–water partition coefficient (Wildman–Crippen LogP) is 1.78. The topological polar surface area (TPSA) is 64.2 Å². The molecule has 1 aliphatic carbocycles. The molecule has 172 valence electrons. The summed E-state index contributed by atoms with van der Waals surface area (Å²) in [6, 6.07) is 7.56. The highest BCUT2D eigenvalue weighted by Crippen LogP contribution is 2.25. The molecule has 1 saturated carbocycles. The van der Waals surface area contributed by atoms with Crippen LogP contribution in [0.4, 0.5) is 0 Å². The number of piperazine rings is 2. The second kappa shape index (κ2) is 9.57. The van der Waals surface area contributed by atoms with Crippen LogP contribution in [0.2, 0.25) is 0 Å². The van der Waals surface area contributed by atoms with Gasteiger partial charge in [-0.2, -0.15) is 4.31 Å². The fourth-order valence-corrected chi connectivity index (χ4v) is 6.61. The Morgan fingerprint density at radius 3 is 2.06 bits per heavy atom. The summed E-state index contributed by atoms with van der Waals surface area (Å²) >= 11 is 0. The maximum Gasteiger partial charge on any atom is 0.243 e. The monoisotopic (exact) mass is 448 g/mol. The Morgan fingerprint density at radius 2 is 1.48 bits per heavy atom. The third-order valence-electron chi connectivity index (χ3n) is 7.30. The zero-order valence-corrected chi connectivity index (χ0v) is 19.7. The van der Waals surface area contributed by atoms with Gasteiger partial charge in [0.05, 0.1) is 10.9 Å². The second-order valence-corrected chi connectivity index (χ2v) is 11.2. The first kappa shape index (κ1) is 22.7. The highest BCUT2D eigenvalue weighted by Gasteiger charge is 2.34. The Bertz CT molecular complexity index is 851. The number of nitrogens with zero attached hydrogens (tertiary/aromatic N) is 4. The van der Waals surface area contributed by atoms with Crippen LogP contribution in [0.1, 0.15) is 38.2 Å². The summed E-state index contributed by atoms with van der Waals surface area (Å²) in [5, 5.41) is 0. The summed E-state index contributed by atoms with van der Waals surface area (Å²) in [6.45, 7) is 9.52. The first-order valence-corrected chi connectivity index (χ1v) is 13.1. The van der Waals surface area contributed by atoms with Crippen molar-refractivity contribution < 1.29 is 13.2 Å². The number of amides is 1. The highest BCUT2D eigenvalue weighted by molar-refractivity contribution is 7.89. The molecule has 2 aliphatic heterocycles. The van der Waals surface area contributed by atoms with Gasteiger partial charge in [0.25, 0.3) is 0 Å². The largest absolute Gasteiger partial charge is 0.339 e. The fourth-order valence-electron chi connectivity index (χ4n) is 5.19. The molecule has 4 rings (SSSR count). The Kier molecular flexibility index (Phi) is 7.01. The van der Waals surface area contributed by atoms with Crippen LogP contribution in [0.25, 0.3) is 0 Å². The molecule has 0 radical (unpaired) electrons. The number of hydrogen-bond donors (Lipinski definition) is 0. The van der Waals surface area contributed by atoms with Crippen LogP contribution in [-0.4, -0.2) is 97.8 Å². The average Bonchev–Trinajstić information content (AvgIpc) is 3.34. The molecule has 0 aromatic heterocycles. The summed E-state index contributed by atoms with van der Waals surface area (Å²) < 4.78 is 27.3. The molecular weight excluding hydrogens is 412 g/mol. The van der Waals surface area contributed by atoms with Gasteiger partial charge in [0.15, 0.2) is 0 Å². The van der Waals surface area contributed by atoms with Gasteiger partial charge in [0.1, 0.15) is 0 Å². The summed E-state index contributed by atoms with van der Waals surface area (Å²) in [4.78, 5) is 20.2. The maximum atomic E-state index is 13.1. The molecule has 31 heavy (non-hydrogen) atoms. The Hall–Kier alpha value is -1.48. The van der Waals surface area contributed by atoms with E-state index in [0.717, 1.165) is 37.8 Å². The minimum Gasteiger partial charge on any atom is -0.339 e. The summed E-state index contributed by atoms with van der Waals surface area (Å²) in [7, 11) is -3.50. The van der Waals surface area contributed by atoms with Crippen molar-refractivity contribution in [2.45, 2.75) is 56.5 Å². The van der Waals surface area contributed by atoms with Gasteiger partial charge in [-0.25, -0.2) is 8.42 Å². The Balaban J connectivity index is 1.28. The van der Waals surface area contributed by atoms with Gasteiger partial charge in [-0.05, 0) is 38.8 Å². The Labute approximate surface area is 187 Å². The smallest absolute Gasteiger partial charge is 0.243 e. The summed E-state index contributed by atoms with van der Waals surface area (Å²) in [5.41, 5.74) is 1.03. The van der Waals surface area contributed by atoms with Crippen molar-refractivity contribution in [1.29, 1.82) is 0 Å². The van der Waals surface area contributed by atoms with E-state index in [4.69, 9.17) is 0 Å². The third kappa shape index (κ3) is 4.97. The molecular formula is C23H36N4O3S. The van der Waals surface area contributed by atoms with Crippen LogP contribution in [0, 0.1) is 6.92 Å². The number of rotatable bonds is 5. The van der Waals surface area contributed by atoms with E-state index in [1.807, 2.05) is 30.9 Å². The molecule has 0 spiro atoms. The molecule has 1 aromatic rings. The molecule has 2 heterocycles. The lowest BCUT2D eigenvalue weighted by atomic mass is 10.1. The van der Waals surface area contributed by atoms with Gasteiger partial charge < -0.3 is 4.90 Å². The van der Waals surface area contributed by atoms with Crippen LogP contribution in [0.5, 0.6) is 0 Å². The van der Waals surface area contributed by atoms with Gasteiger partial charge in [-0.1, -0.05) is 30.5 Å². The Morgan fingerprint density at radius 1 is 0.903 bits per heavy atom. The van der Waals surface area contributed by atoms with E-state index >= 15 is 0 Å². The second-order valence-electron chi connectivity index (χ2n) is 9.23. The van der Waals surface area contributed by atoms with Crippen molar-refractivity contribution in [3.63, 3.8) is 0 Å². The van der Waals surface area contributed by atoms with E-state index < -0.39 is 10.0 Å². The van der Waals surface area contributed by atoms with Crippen molar-refractivity contribution >= 4 is 15.9 Å². The van der Waals surface area contributed by atoms with E-state index in [1.165, 1.54) is 30.0 Å². The number of aryl methyl sites for hydroxylation is 1. The lowest BCUT2D eigenvalue weighted by Gasteiger charge is -2.42. The molecule has 8 heteroatoms. The molecule has 1 atom stereocenters. The van der Waals surface area contributed by atoms with Crippen LogP contribution in [0.3, 0.4) is 0 Å². The normalized spacial score (nSPS) is 23.9. The van der Waals surface area contributed by atoms with Crippen molar-refractivity contribution in [2.75, 3.05) is 52.4 Å². The average molecular weight is 449 g/mol. The first-order chi connectivity index (χ1) is 14.9. The number of sulfonamides is 1. The number of carbonyl (C=O) groups is 1. The summed E-state index contributed by atoms with van der Waals surface area (Å²) in [6.07, 6.45) is 5.35. The molecule has 1 aromatic carbocycles. The first-order valence-electron chi connectivity index (χ1n) is 11.7. The lowest BCUT2D eigenvalue weighted by Crippen LogP contribution is -2.58. The van der Waals surface area contributed by atoms with E-state index in [2.05, 4.69) is 9.80 Å². The van der Waals surface area contributed by atoms with Crippen molar-refractivity contribution in [1.82, 2.24) is 19.0 Å². The SMILES string of the molecule is Cc1ccc(S(=O)(=O)N2CCN(C(=O)C(C)N3CCN(C4CCCC4)CC3)CC2)cc1. The van der Waals surface area contributed by atoms with Crippen LogP contribution in [-0.2, 0) is 14.8 Å².